The fraction of sp³-hybridized carbons (Fsp3) is 0.136. The summed E-state index contributed by atoms with van der Waals surface area (Å²) in [5.41, 5.74) is 2.31. The Labute approximate surface area is 136 Å². The molecule has 0 aliphatic heterocycles. The van der Waals surface area contributed by atoms with Crippen LogP contribution in [0.4, 0.5) is 0 Å². The van der Waals surface area contributed by atoms with Crippen LogP contribution < -0.4 is 0 Å². The SMILES string of the molecule is O=C1C=CC(c2ccccc2)(c2cccc3ccccc23)CC1. The first kappa shape index (κ1) is 14.0. The fourth-order valence-electron chi connectivity index (χ4n) is 3.69. The van der Waals surface area contributed by atoms with Crippen LogP contribution in [-0.4, -0.2) is 5.78 Å². The van der Waals surface area contributed by atoms with Crippen molar-refractivity contribution in [2.75, 3.05) is 0 Å². The largest absolute Gasteiger partial charge is 0.295 e. The van der Waals surface area contributed by atoms with Gasteiger partial charge >= 0.3 is 0 Å². The average Bonchev–Trinajstić information content (AvgIpc) is 2.63. The molecule has 0 spiro atoms. The zero-order valence-corrected chi connectivity index (χ0v) is 12.9. The number of hydrogen-bond acceptors (Lipinski definition) is 1. The van der Waals surface area contributed by atoms with Gasteiger partial charge in [0.25, 0.3) is 0 Å². The number of allylic oxidation sites excluding steroid dienone is 2. The van der Waals surface area contributed by atoms with E-state index in [9.17, 15) is 4.79 Å². The second-order valence-corrected chi connectivity index (χ2v) is 6.16. The number of fused-ring (bicyclic) bond motifs is 1. The lowest BCUT2D eigenvalue weighted by Gasteiger charge is -2.35. The van der Waals surface area contributed by atoms with Gasteiger partial charge in [0.1, 0.15) is 0 Å². The Morgan fingerprint density at radius 1 is 0.783 bits per heavy atom. The van der Waals surface area contributed by atoms with Crippen LogP contribution in [0, 0.1) is 0 Å². The summed E-state index contributed by atoms with van der Waals surface area (Å²) in [5, 5.41) is 2.50. The highest BCUT2D eigenvalue weighted by molar-refractivity contribution is 5.93. The fourth-order valence-corrected chi connectivity index (χ4v) is 3.69. The lowest BCUT2D eigenvalue weighted by atomic mass is 9.67. The Hall–Kier alpha value is -2.67. The second-order valence-electron chi connectivity index (χ2n) is 6.16. The van der Waals surface area contributed by atoms with E-state index >= 15 is 0 Å². The Balaban J connectivity index is 2.03. The maximum absolute atomic E-state index is 11.8. The molecule has 1 aliphatic rings. The summed E-state index contributed by atoms with van der Waals surface area (Å²) in [5.74, 6) is 0.219. The van der Waals surface area contributed by atoms with Crippen LogP contribution in [0.25, 0.3) is 10.8 Å². The van der Waals surface area contributed by atoms with E-state index in [0.29, 0.717) is 6.42 Å². The van der Waals surface area contributed by atoms with Crippen molar-refractivity contribution >= 4 is 16.6 Å². The van der Waals surface area contributed by atoms with Gasteiger partial charge in [-0.15, -0.1) is 0 Å². The predicted octanol–water partition coefficient (Wildman–Crippen LogP) is 5.05. The predicted molar refractivity (Wildman–Crippen MR) is 94.6 cm³/mol. The topological polar surface area (TPSA) is 17.1 Å². The first-order chi connectivity index (χ1) is 11.3. The lowest BCUT2D eigenvalue weighted by Crippen LogP contribution is -2.29. The molecule has 1 unspecified atom stereocenters. The monoisotopic (exact) mass is 298 g/mol. The maximum atomic E-state index is 11.8. The van der Waals surface area contributed by atoms with Crippen molar-refractivity contribution in [3.05, 3.63) is 96.1 Å². The van der Waals surface area contributed by atoms with Crippen molar-refractivity contribution in [2.24, 2.45) is 0 Å². The van der Waals surface area contributed by atoms with E-state index in [-0.39, 0.29) is 11.2 Å². The van der Waals surface area contributed by atoms with E-state index in [4.69, 9.17) is 0 Å². The number of carbonyl (C=O) groups is 1. The highest BCUT2D eigenvalue weighted by Crippen LogP contribution is 2.43. The Bertz CT molecular complexity index is 887. The van der Waals surface area contributed by atoms with Crippen molar-refractivity contribution in [3.63, 3.8) is 0 Å². The highest BCUT2D eigenvalue weighted by atomic mass is 16.1. The van der Waals surface area contributed by atoms with Gasteiger partial charge in [-0.2, -0.15) is 0 Å². The summed E-state index contributed by atoms with van der Waals surface area (Å²) >= 11 is 0. The number of carbonyl (C=O) groups excluding carboxylic acids is 1. The van der Waals surface area contributed by atoms with E-state index in [1.165, 1.54) is 21.9 Å². The molecule has 0 amide bonds. The third-order valence-corrected chi connectivity index (χ3v) is 4.88. The van der Waals surface area contributed by atoms with E-state index in [1.807, 2.05) is 6.07 Å². The summed E-state index contributed by atoms with van der Waals surface area (Å²) in [4.78, 5) is 11.8. The minimum absolute atomic E-state index is 0.219. The molecule has 4 rings (SSSR count). The van der Waals surface area contributed by atoms with Gasteiger partial charge in [0, 0.05) is 11.8 Å². The molecule has 1 heteroatoms. The summed E-state index contributed by atoms with van der Waals surface area (Å²) in [6.07, 6.45) is 5.28. The number of benzene rings is 3. The third-order valence-electron chi connectivity index (χ3n) is 4.88. The van der Waals surface area contributed by atoms with Gasteiger partial charge in [-0.3, -0.25) is 4.79 Å². The summed E-state index contributed by atoms with van der Waals surface area (Å²) < 4.78 is 0. The Morgan fingerprint density at radius 3 is 2.30 bits per heavy atom. The molecule has 0 saturated heterocycles. The second kappa shape index (κ2) is 5.51. The maximum Gasteiger partial charge on any atom is 0.155 e. The van der Waals surface area contributed by atoms with Crippen LogP contribution in [0.1, 0.15) is 24.0 Å². The zero-order valence-electron chi connectivity index (χ0n) is 12.9. The molecule has 3 aromatic carbocycles. The molecule has 3 aromatic rings. The molecular formula is C22H18O. The molecule has 0 N–H and O–H groups in total. The van der Waals surface area contributed by atoms with Crippen LogP contribution in [0.15, 0.2) is 84.9 Å². The molecule has 0 fully saturated rings. The van der Waals surface area contributed by atoms with Crippen LogP contribution in [0.5, 0.6) is 0 Å². The zero-order chi connectivity index (χ0) is 15.7. The molecule has 0 aromatic heterocycles. The first-order valence-corrected chi connectivity index (χ1v) is 8.05. The van der Waals surface area contributed by atoms with Gasteiger partial charge in [0.15, 0.2) is 5.78 Å². The van der Waals surface area contributed by atoms with Crippen molar-refractivity contribution in [1.82, 2.24) is 0 Å². The standard InChI is InChI=1S/C22H18O/c23-19-13-15-22(16-14-19,18-9-2-1-3-10-18)21-12-6-8-17-7-4-5-11-20(17)21/h1-13,15H,14,16H2. The molecule has 0 radical (unpaired) electrons. The van der Waals surface area contributed by atoms with Crippen molar-refractivity contribution in [3.8, 4) is 0 Å². The summed E-state index contributed by atoms with van der Waals surface area (Å²) in [6.45, 7) is 0. The third kappa shape index (κ3) is 2.29. The van der Waals surface area contributed by atoms with E-state index in [2.05, 4.69) is 72.8 Å². The van der Waals surface area contributed by atoms with Crippen LogP contribution >= 0.6 is 0 Å². The molecule has 1 atom stereocenters. The van der Waals surface area contributed by atoms with Crippen molar-refractivity contribution in [1.29, 1.82) is 0 Å². The number of hydrogen-bond donors (Lipinski definition) is 0. The van der Waals surface area contributed by atoms with E-state index < -0.39 is 0 Å². The van der Waals surface area contributed by atoms with E-state index in [0.717, 1.165) is 6.42 Å². The first-order valence-electron chi connectivity index (χ1n) is 8.05. The number of ketones is 1. The molecule has 0 heterocycles. The minimum atomic E-state index is -0.226. The van der Waals surface area contributed by atoms with Crippen molar-refractivity contribution < 1.29 is 4.79 Å². The van der Waals surface area contributed by atoms with Crippen LogP contribution in [0.3, 0.4) is 0 Å². The van der Waals surface area contributed by atoms with E-state index in [1.54, 1.807) is 6.08 Å². The molecule has 1 nitrogen and oxygen atoms in total. The quantitative estimate of drug-likeness (QED) is 0.647. The molecule has 112 valence electrons. The average molecular weight is 298 g/mol. The number of rotatable bonds is 2. The smallest absolute Gasteiger partial charge is 0.155 e. The van der Waals surface area contributed by atoms with Gasteiger partial charge < -0.3 is 0 Å². The molecule has 1 aliphatic carbocycles. The molecular weight excluding hydrogens is 280 g/mol. The van der Waals surface area contributed by atoms with Crippen molar-refractivity contribution in [2.45, 2.75) is 18.3 Å². The van der Waals surface area contributed by atoms with Crippen LogP contribution in [-0.2, 0) is 10.2 Å². The van der Waals surface area contributed by atoms with Gasteiger partial charge in [-0.25, -0.2) is 0 Å². The molecule has 0 bridgehead atoms. The summed E-state index contributed by atoms with van der Waals surface area (Å²) in [6, 6.07) is 25.5. The Morgan fingerprint density at radius 2 is 1.52 bits per heavy atom. The highest BCUT2D eigenvalue weighted by Gasteiger charge is 2.35. The molecule has 23 heavy (non-hydrogen) atoms. The minimum Gasteiger partial charge on any atom is -0.295 e. The normalized spacial score (nSPS) is 20.8. The van der Waals surface area contributed by atoms with Crippen LogP contribution in [0.2, 0.25) is 0 Å². The molecule has 0 saturated carbocycles. The van der Waals surface area contributed by atoms with Gasteiger partial charge in [-0.05, 0) is 34.4 Å². The Kier molecular flexibility index (Phi) is 3.34. The lowest BCUT2D eigenvalue weighted by molar-refractivity contribution is -0.115. The van der Waals surface area contributed by atoms with Gasteiger partial charge in [0.05, 0.1) is 0 Å². The van der Waals surface area contributed by atoms with Gasteiger partial charge in [-0.1, -0.05) is 78.9 Å². The van der Waals surface area contributed by atoms with Gasteiger partial charge in [0.2, 0.25) is 0 Å². The summed E-state index contributed by atoms with van der Waals surface area (Å²) in [7, 11) is 0.